The van der Waals surface area contributed by atoms with Crippen LogP contribution in [0.5, 0.6) is 0 Å². The number of esters is 2. The predicted octanol–water partition coefficient (Wildman–Crippen LogP) is 1.75. The summed E-state index contributed by atoms with van der Waals surface area (Å²) in [5.74, 6) is -2.76. The molecule has 2 amide bonds. The van der Waals surface area contributed by atoms with Crippen molar-refractivity contribution in [2.75, 3.05) is 24.7 Å². The molecule has 0 aliphatic carbocycles. The summed E-state index contributed by atoms with van der Waals surface area (Å²) >= 11 is 0. The van der Waals surface area contributed by atoms with Gasteiger partial charge in [0.1, 0.15) is 11.6 Å². The molecule has 0 radical (unpaired) electrons. The van der Waals surface area contributed by atoms with Crippen LogP contribution in [0.3, 0.4) is 0 Å². The van der Waals surface area contributed by atoms with Gasteiger partial charge in [0.25, 0.3) is 5.91 Å². The first-order valence-corrected chi connectivity index (χ1v) is 9.95. The highest BCUT2D eigenvalue weighted by Gasteiger charge is 2.64. The number of likely N-dealkylation sites (tertiary alicyclic amines) is 1. The first-order valence-electron chi connectivity index (χ1n) is 9.95. The van der Waals surface area contributed by atoms with Crippen LogP contribution in [0.1, 0.15) is 46.6 Å². The Hall–Kier alpha value is -3.30. The fourth-order valence-corrected chi connectivity index (χ4v) is 3.49. The van der Waals surface area contributed by atoms with Crippen LogP contribution in [0.2, 0.25) is 0 Å². The van der Waals surface area contributed by atoms with Gasteiger partial charge in [0.05, 0.1) is 13.2 Å². The molecule has 2 atom stereocenters. The summed E-state index contributed by atoms with van der Waals surface area (Å²) in [7, 11) is 0. The third-order valence-corrected chi connectivity index (χ3v) is 4.70. The summed E-state index contributed by atoms with van der Waals surface area (Å²) < 4.78 is 15.6. The zero-order chi connectivity index (χ0) is 23.6. The number of nitrogen functional groups attached to an aromatic ring is 2. The van der Waals surface area contributed by atoms with E-state index in [9.17, 15) is 19.2 Å². The van der Waals surface area contributed by atoms with E-state index in [0.717, 1.165) is 0 Å². The van der Waals surface area contributed by atoms with E-state index in [1.807, 2.05) is 0 Å². The van der Waals surface area contributed by atoms with Crippen LogP contribution in [0.25, 0.3) is 0 Å². The minimum atomic E-state index is -2.04. The van der Waals surface area contributed by atoms with Crippen molar-refractivity contribution in [1.29, 1.82) is 0 Å². The van der Waals surface area contributed by atoms with E-state index < -0.39 is 47.4 Å². The first-order chi connectivity index (χ1) is 14.4. The normalized spacial score (nSPS) is 21.0. The Labute approximate surface area is 180 Å². The molecule has 1 aromatic rings. The van der Waals surface area contributed by atoms with Crippen molar-refractivity contribution in [1.82, 2.24) is 4.90 Å². The van der Waals surface area contributed by atoms with Crippen LogP contribution < -0.4 is 11.5 Å². The maximum atomic E-state index is 13.7. The Morgan fingerprint density at radius 3 is 2.26 bits per heavy atom. The summed E-state index contributed by atoms with van der Waals surface area (Å²) in [6.07, 6.45) is -1.48. The lowest BCUT2D eigenvalue weighted by atomic mass is 9.76. The Bertz CT molecular complexity index is 893. The van der Waals surface area contributed by atoms with Gasteiger partial charge in [0.15, 0.2) is 5.41 Å². The lowest BCUT2D eigenvalue weighted by Gasteiger charge is -2.28. The number of hydrogen-bond acceptors (Lipinski definition) is 9. The number of rotatable bonds is 5. The molecule has 1 fully saturated rings. The molecule has 0 spiro atoms. The number of imide groups is 1. The van der Waals surface area contributed by atoms with E-state index in [0.29, 0.717) is 10.6 Å². The van der Waals surface area contributed by atoms with Crippen LogP contribution in [-0.2, 0) is 34.0 Å². The van der Waals surface area contributed by atoms with Gasteiger partial charge >= 0.3 is 18.0 Å². The van der Waals surface area contributed by atoms with Crippen molar-refractivity contribution in [2.45, 2.75) is 58.1 Å². The average Bonchev–Trinajstić information content (AvgIpc) is 2.95. The van der Waals surface area contributed by atoms with Crippen molar-refractivity contribution >= 4 is 35.3 Å². The maximum absolute atomic E-state index is 13.7. The minimum Gasteiger partial charge on any atom is -0.465 e. The lowest BCUT2D eigenvalue weighted by Crippen LogP contribution is -2.49. The van der Waals surface area contributed by atoms with Gasteiger partial charge in [0.2, 0.25) is 0 Å². The topological polar surface area (TPSA) is 151 Å². The summed E-state index contributed by atoms with van der Waals surface area (Å²) in [6, 6.07) is 2.87. The van der Waals surface area contributed by atoms with Crippen LogP contribution in [0, 0.1) is 0 Å². The highest BCUT2D eigenvalue weighted by molar-refractivity contribution is 6.17. The van der Waals surface area contributed by atoms with E-state index in [2.05, 4.69) is 0 Å². The molecule has 1 heterocycles. The van der Waals surface area contributed by atoms with Gasteiger partial charge in [-0.05, 0) is 46.8 Å². The molecule has 0 aromatic heterocycles. The number of carbonyl (C=O) groups excluding carboxylic acids is 4. The van der Waals surface area contributed by atoms with Crippen molar-refractivity contribution in [2.24, 2.45) is 0 Å². The minimum absolute atomic E-state index is 0.0160. The summed E-state index contributed by atoms with van der Waals surface area (Å²) in [6.45, 7) is 7.99. The highest BCUT2D eigenvalue weighted by atomic mass is 16.6. The number of benzene rings is 1. The smallest absolute Gasteiger partial charge is 0.417 e. The van der Waals surface area contributed by atoms with Crippen LogP contribution in [0.4, 0.5) is 16.2 Å². The maximum Gasteiger partial charge on any atom is 0.417 e. The molecule has 2 rings (SSSR count). The second-order valence-electron chi connectivity index (χ2n) is 8.10. The lowest BCUT2D eigenvalue weighted by molar-refractivity contribution is -0.155. The van der Waals surface area contributed by atoms with Gasteiger partial charge in [-0.15, -0.1) is 0 Å². The molecule has 1 saturated heterocycles. The first kappa shape index (κ1) is 24.0. The van der Waals surface area contributed by atoms with Crippen molar-refractivity contribution < 1.29 is 33.4 Å². The highest BCUT2D eigenvalue weighted by Crippen LogP contribution is 2.44. The monoisotopic (exact) mass is 435 g/mol. The summed E-state index contributed by atoms with van der Waals surface area (Å²) in [4.78, 5) is 53.0. The van der Waals surface area contributed by atoms with Gasteiger partial charge in [-0.1, -0.05) is 6.07 Å². The van der Waals surface area contributed by atoms with Crippen LogP contribution >= 0.6 is 0 Å². The van der Waals surface area contributed by atoms with E-state index in [1.165, 1.54) is 18.2 Å². The number of ether oxygens (including phenoxy) is 3. The number of carbonyl (C=O) groups is 4. The predicted molar refractivity (Wildman–Crippen MR) is 112 cm³/mol. The number of anilines is 2. The molecular formula is C21H29N3O7. The van der Waals surface area contributed by atoms with Gasteiger partial charge < -0.3 is 25.7 Å². The third-order valence-electron chi connectivity index (χ3n) is 4.70. The molecular weight excluding hydrogens is 406 g/mol. The zero-order valence-electron chi connectivity index (χ0n) is 18.4. The van der Waals surface area contributed by atoms with E-state index in [4.69, 9.17) is 25.7 Å². The molecule has 4 N–H and O–H groups in total. The molecule has 1 aliphatic rings. The average molecular weight is 435 g/mol. The van der Waals surface area contributed by atoms with Crippen molar-refractivity contribution in [3.63, 3.8) is 0 Å². The molecule has 31 heavy (non-hydrogen) atoms. The Kier molecular flexibility index (Phi) is 6.83. The number of hydrogen-bond donors (Lipinski definition) is 2. The van der Waals surface area contributed by atoms with E-state index in [1.54, 1.807) is 34.6 Å². The molecule has 10 nitrogen and oxygen atoms in total. The fourth-order valence-electron chi connectivity index (χ4n) is 3.49. The standard InChI is InChI=1S/C21H29N3O7/c1-6-29-16(25)15-11-21(18(27)30-7-2,13-9-8-12(22)10-14(13)23)17(26)24(15)19(28)31-20(3,4)5/h8-10,15H,6-7,11,22-23H2,1-5H3/t15-,21+/m0/s1. The molecule has 1 aromatic carbocycles. The van der Waals surface area contributed by atoms with E-state index >= 15 is 0 Å². The molecule has 170 valence electrons. The number of nitrogens with zero attached hydrogens (tertiary/aromatic N) is 1. The van der Waals surface area contributed by atoms with Gasteiger partial charge in [-0.2, -0.15) is 0 Å². The summed E-state index contributed by atoms with van der Waals surface area (Å²) in [5, 5.41) is 0. The molecule has 10 heteroatoms. The quantitative estimate of drug-likeness (QED) is 0.305. The SMILES string of the molecule is CCOC(=O)[C@@H]1C[C@@](C(=O)OCC)(c2ccc(N)cc2N)C(=O)N1C(=O)OC(C)(C)C. The van der Waals surface area contributed by atoms with Gasteiger partial charge in [0, 0.05) is 23.4 Å². The third kappa shape index (κ3) is 4.57. The second kappa shape index (κ2) is 8.83. The van der Waals surface area contributed by atoms with Crippen LogP contribution in [0.15, 0.2) is 18.2 Å². The van der Waals surface area contributed by atoms with E-state index in [-0.39, 0.29) is 24.5 Å². The van der Waals surface area contributed by atoms with Crippen LogP contribution in [-0.4, -0.2) is 53.7 Å². The second-order valence-corrected chi connectivity index (χ2v) is 8.10. The molecule has 0 unspecified atom stereocenters. The zero-order valence-corrected chi connectivity index (χ0v) is 18.4. The molecule has 1 aliphatic heterocycles. The largest absolute Gasteiger partial charge is 0.465 e. The molecule has 0 bridgehead atoms. The fraction of sp³-hybridized carbons (Fsp3) is 0.524. The number of nitrogens with two attached hydrogens (primary N) is 2. The van der Waals surface area contributed by atoms with Gasteiger partial charge in [-0.25, -0.2) is 14.5 Å². The van der Waals surface area contributed by atoms with Crippen molar-refractivity contribution in [3.05, 3.63) is 23.8 Å². The number of amides is 2. The van der Waals surface area contributed by atoms with Crippen molar-refractivity contribution in [3.8, 4) is 0 Å². The summed E-state index contributed by atoms with van der Waals surface area (Å²) in [5.41, 5.74) is 9.32. The Balaban J connectivity index is 2.70. The molecule has 0 saturated carbocycles. The Morgan fingerprint density at radius 1 is 1.13 bits per heavy atom. The van der Waals surface area contributed by atoms with Gasteiger partial charge in [-0.3, -0.25) is 9.59 Å². The Morgan fingerprint density at radius 2 is 1.74 bits per heavy atom.